The van der Waals surface area contributed by atoms with Gasteiger partial charge in [0.05, 0.1) is 18.4 Å². The lowest BCUT2D eigenvalue weighted by Gasteiger charge is -2.30. The minimum Gasteiger partial charge on any atom is -0.312 e. The summed E-state index contributed by atoms with van der Waals surface area (Å²) in [4.78, 5) is 26.8. The Morgan fingerprint density at radius 3 is 2.25 bits per heavy atom. The van der Waals surface area contributed by atoms with Gasteiger partial charge in [0, 0.05) is 79.6 Å². The van der Waals surface area contributed by atoms with Gasteiger partial charge in [-0.3, -0.25) is 19.7 Å². The Bertz CT molecular complexity index is 1010. The molecule has 36 heavy (non-hydrogen) atoms. The molecule has 4 rings (SSSR count). The first-order valence-corrected chi connectivity index (χ1v) is 13.4. The fraction of sp³-hybridized carbons (Fsp3) is 0.621. The Balaban J connectivity index is 1.38. The summed E-state index contributed by atoms with van der Waals surface area (Å²) >= 11 is 0. The summed E-state index contributed by atoms with van der Waals surface area (Å²) in [5, 5.41) is 7.18. The Hall–Kier alpha value is -2.35. The molecule has 0 bridgehead atoms. The topological polar surface area (TPSA) is 73.4 Å². The van der Waals surface area contributed by atoms with E-state index in [1.54, 1.807) is 0 Å². The molecule has 2 aliphatic rings. The molecule has 2 N–H and O–H groups in total. The minimum absolute atomic E-state index is 0.00769. The number of pyridine rings is 2. The first-order valence-electron chi connectivity index (χ1n) is 13.4. The highest BCUT2D eigenvalue weighted by atomic mass is 16.2. The van der Waals surface area contributed by atoms with E-state index in [0.29, 0.717) is 25.0 Å². The molecule has 0 spiro atoms. The molecular weight excluding hydrogens is 448 g/mol. The van der Waals surface area contributed by atoms with Gasteiger partial charge in [-0.25, -0.2) is 0 Å². The Kier molecular flexibility index (Phi) is 8.12. The molecule has 4 heterocycles. The van der Waals surface area contributed by atoms with Crippen molar-refractivity contribution < 1.29 is 4.79 Å². The Morgan fingerprint density at radius 1 is 0.944 bits per heavy atom. The normalized spacial score (nSPS) is 22.8. The molecule has 2 aliphatic heterocycles. The SMILES string of the molecule is CC(C)(C)c1ccc(CN2CCNC(C3CNCC(=O)N(c4ccc(C(C)(C)C)nc4)C3)CC2)cn1. The summed E-state index contributed by atoms with van der Waals surface area (Å²) in [6.45, 7) is 18.9. The number of carbonyl (C=O) groups excluding carboxylic acids is 1. The summed E-state index contributed by atoms with van der Waals surface area (Å²) in [7, 11) is 0. The van der Waals surface area contributed by atoms with Crippen molar-refractivity contribution in [3.63, 3.8) is 0 Å². The summed E-state index contributed by atoms with van der Waals surface area (Å²) in [6.07, 6.45) is 4.96. The summed E-state index contributed by atoms with van der Waals surface area (Å²) < 4.78 is 0. The minimum atomic E-state index is -0.00769. The predicted octanol–water partition coefficient (Wildman–Crippen LogP) is 3.49. The predicted molar refractivity (Wildman–Crippen MR) is 146 cm³/mol. The Morgan fingerprint density at radius 2 is 1.64 bits per heavy atom. The second-order valence-electron chi connectivity index (χ2n) is 12.5. The molecule has 2 aromatic rings. The van der Waals surface area contributed by atoms with Crippen LogP contribution < -0.4 is 15.5 Å². The summed E-state index contributed by atoms with van der Waals surface area (Å²) in [6, 6.07) is 8.86. The van der Waals surface area contributed by atoms with E-state index >= 15 is 0 Å². The van der Waals surface area contributed by atoms with Gasteiger partial charge >= 0.3 is 0 Å². The van der Waals surface area contributed by atoms with E-state index in [4.69, 9.17) is 4.98 Å². The largest absolute Gasteiger partial charge is 0.312 e. The molecule has 1 amide bonds. The zero-order valence-electron chi connectivity index (χ0n) is 23.0. The number of hydrogen-bond donors (Lipinski definition) is 2. The highest BCUT2D eigenvalue weighted by Gasteiger charge is 2.31. The Labute approximate surface area is 217 Å². The monoisotopic (exact) mass is 492 g/mol. The highest BCUT2D eigenvalue weighted by Crippen LogP contribution is 2.25. The van der Waals surface area contributed by atoms with E-state index in [1.807, 2.05) is 17.3 Å². The van der Waals surface area contributed by atoms with Crippen LogP contribution >= 0.6 is 0 Å². The smallest absolute Gasteiger partial charge is 0.240 e. The van der Waals surface area contributed by atoms with Crippen LogP contribution in [0.3, 0.4) is 0 Å². The lowest BCUT2D eigenvalue weighted by Crippen LogP contribution is -2.45. The summed E-state index contributed by atoms with van der Waals surface area (Å²) in [5.41, 5.74) is 4.39. The molecule has 2 atom stereocenters. The third-order valence-electron chi connectivity index (χ3n) is 7.39. The van der Waals surface area contributed by atoms with Crippen LogP contribution in [0.4, 0.5) is 5.69 Å². The van der Waals surface area contributed by atoms with Crippen molar-refractivity contribution in [2.45, 2.75) is 71.4 Å². The van der Waals surface area contributed by atoms with Gasteiger partial charge in [0.15, 0.2) is 0 Å². The van der Waals surface area contributed by atoms with Crippen LogP contribution in [0.15, 0.2) is 36.7 Å². The molecule has 2 aromatic heterocycles. The summed E-state index contributed by atoms with van der Waals surface area (Å²) in [5.74, 6) is 0.454. The second-order valence-corrected chi connectivity index (χ2v) is 12.5. The van der Waals surface area contributed by atoms with Gasteiger partial charge < -0.3 is 15.5 Å². The van der Waals surface area contributed by atoms with E-state index in [1.165, 1.54) is 5.56 Å². The quantitative estimate of drug-likeness (QED) is 0.681. The second kappa shape index (κ2) is 11.0. The van der Waals surface area contributed by atoms with Crippen molar-refractivity contribution in [1.29, 1.82) is 0 Å². The first kappa shape index (κ1) is 26.7. The molecule has 7 nitrogen and oxygen atoms in total. The molecule has 0 saturated carbocycles. The standard InChI is InChI=1S/C29H44N6O/c1-28(2,3)25-9-7-21(15-32-25)19-34-13-11-24(31-12-14-34)22-16-30-18-27(36)35(20-22)23-8-10-26(33-17-23)29(4,5)6/h7-10,15,17,22,24,30-31H,11-14,16,18-20H2,1-6H3. The van der Waals surface area contributed by atoms with Crippen molar-refractivity contribution >= 4 is 11.6 Å². The fourth-order valence-electron chi connectivity index (χ4n) is 5.09. The van der Waals surface area contributed by atoms with Crippen LogP contribution in [0, 0.1) is 5.92 Å². The maximum absolute atomic E-state index is 12.9. The molecule has 0 aliphatic carbocycles. The average Bonchev–Trinajstić information content (AvgIpc) is 3.16. The highest BCUT2D eigenvalue weighted by molar-refractivity contribution is 5.95. The fourth-order valence-corrected chi connectivity index (χ4v) is 5.09. The lowest BCUT2D eigenvalue weighted by molar-refractivity contribution is -0.117. The van der Waals surface area contributed by atoms with Crippen LogP contribution in [-0.4, -0.2) is 66.1 Å². The van der Waals surface area contributed by atoms with Crippen LogP contribution in [0.5, 0.6) is 0 Å². The van der Waals surface area contributed by atoms with Crippen molar-refractivity contribution in [3.05, 3.63) is 53.6 Å². The van der Waals surface area contributed by atoms with E-state index in [9.17, 15) is 4.79 Å². The van der Waals surface area contributed by atoms with Gasteiger partial charge in [0.2, 0.25) is 5.91 Å². The molecule has 7 heteroatoms. The number of rotatable bonds is 4. The third-order valence-corrected chi connectivity index (χ3v) is 7.39. The maximum Gasteiger partial charge on any atom is 0.240 e. The van der Waals surface area contributed by atoms with Crippen molar-refractivity contribution in [1.82, 2.24) is 25.5 Å². The zero-order chi connectivity index (χ0) is 25.9. The van der Waals surface area contributed by atoms with E-state index in [2.05, 4.69) is 86.3 Å². The van der Waals surface area contributed by atoms with Gasteiger partial charge in [-0.1, -0.05) is 47.6 Å². The molecule has 2 fully saturated rings. The van der Waals surface area contributed by atoms with E-state index in [0.717, 1.165) is 56.2 Å². The molecule has 2 saturated heterocycles. The van der Waals surface area contributed by atoms with Crippen molar-refractivity contribution in [3.8, 4) is 0 Å². The third kappa shape index (κ3) is 6.69. The zero-order valence-corrected chi connectivity index (χ0v) is 23.0. The number of hydrogen-bond acceptors (Lipinski definition) is 6. The maximum atomic E-state index is 12.9. The number of aromatic nitrogens is 2. The van der Waals surface area contributed by atoms with Crippen molar-refractivity contribution in [2.75, 3.05) is 44.2 Å². The number of anilines is 1. The van der Waals surface area contributed by atoms with Crippen LogP contribution in [-0.2, 0) is 22.2 Å². The number of carbonyl (C=O) groups is 1. The van der Waals surface area contributed by atoms with Gasteiger partial charge in [-0.05, 0) is 30.2 Å². The van der Waals surface area contributed by atoms with Gasteiger partial charge in [-0.2, -0.15) is 0 Å². The van der Waals surface area contributed by atoms with Crippen molar-refractivity contribution in [2.24, 2.45) is 5.92 Å². The van der Waals surface area contributed by atoms with Gasteiger partial charge in [-0.15, -0.1) is 0 Å². The first-order chi connectivity index (χ1) is 17.0. The lowest BCUT2D eigenvalue weighted by atomic mass is 9.91. The molecule has 0 aromatic carbocycles. The molecule has 196 valence electrons. The van der Waals surface area contributed by atoms with Gasteiger partial charge in [0.25, 0.3) is 0 Å². The molecular formula is C29H44N6O. The van der Waals surface area contributed by atoms with Gasteiger partial charge in [0.1, 0.15) is 0 Å². The number of nitrogens with one attached hydrogen (secondary N) is 2. The number of amides is 1. The van der Waals surface area contributed by atoms with E-state index in [-0.39, 0.29) is 16.7 Å². The number of nitrogens with zero attached hydrogens (tertiary/aromatic N) is 4. The van der Waals surface area contributed by atoms with Crippen LogP contribution in [0.2, 0.25) is 0 Å². The van der Waals surface area contributed by atoms with Crippen LogP contribution in [0.1, 0.15) is 64.9 Å². The molecule has 2 unspecified atom stereocenters. The van der Waals surface area contributed by atoms with Crippen LogP contribution in [0.25, 0.3) is 0 Å². The molecule has 0 radical (unpaired) electrons. The average molecular weight is 493 g/mol. The van der Waals surface area contributed by atoms with E-state index < -0.39 is 0 Å².